The van der Waals surface area contributed by atoms with Crippen molar-refractivity contribution in [3.63, 3.8) is 0 Å². The highest BCUT2D eigenvalue weighted by Gasteiger charge is 2.11. The molecular weight excluding hydrogens is 234 g/mol. The van der Waals surface area contributed by atoms with Crippen LogP contribution >= 0.6 is 0 Å². The lowest BCUT2D eigenvalue weighted by Crippen LogP contribution is -1.95. The van der Waals surface area contributed by atoms with Crippen molar-refractivity contribution >= 4 is 11.3 Å². The molecule has 0 amide bonds. The minimum atomic E-state index is 0.795. The lowest BCUT2D eigenvalue weighted by Gasteiger charge is -2.02. The molecule has 96 valence electrons. The second-order valence-electron chi connectivity index (χ2n) is 5.05. The van der Waals surface area contributed by atoms with Crippen LogP contribution in [0.3, 0.4) is 0 Å². The summed E-state index contributed by atoms with van der Waals surface area (Å²) in [5.74, 6) is 0. The van der Waals surface area contributed by atoms with Crippen LogP contribution in [0.4, 0.5) is 5.69 Å². The molecule has 2 heterocycles. The lowest BCUT2D eigenvalue weighted by molar-refractivity contribution is 1.11. The van der Waals surface area contributed by atoms with E-state index in [4.69, 9.17) is 10.7 Å². The summed E-state index contributed by atoms with van der Waals surface area (Å²) in [6, 6.07) is 10.5. The maximum absolute atomic E-state index is 5.97. The van der Waals surface area contributed by atoms with Gasteiger partial charge in [-0.15, -0.1) is 0 Å². The van der Waals surface area contributed by atoms with Crippen LogP contribution in [-0.4, -0.2) is 9.38 Å². The predicted molar refractivity (Wildman–Crippen MR) is 79.3 cm³/mol. The van der Waals surface area contributed by atoms with Gasteiger partial charge >= 0.3 is 0 Å². The van der Waals surface area contributed by atoms with E-state index >= 15 is 0 Å². The molecule has 3 nitrogen and oxygen atoms in total. The van der Waals surface area contributed by atoms with E-state index in [0.717, 1.165) is 33.8 Å². The monoisotopic (exact) mass is 251 g/mol. The van der Waals surface area contributed by atoms with Gasteiger partial charge in [0.05, 0.1) is 11.4 Å². The number of hydrogen-bond donors (Lipinski definition) is 1. The van der Waals surface area contributed by atoms with E-state index in [1.807, 2.05) is 19.2 Å². The zero-order valence-corrected chi connectivity index (χ0v) is 11.4. The molecule has 0 aliphatic heterocycles. The topological polar surface area (TPSA) is 43.3 Å². The van der Waals surface area contributed by atoms with Crippen molar-refractivity contribution in [1.82, 2.24) is 9.38 Å². The molecule has 0 fully saturated rings. The fourth-order valence-corrected chi connectivity index (χ4v) is 2.30. The lowest BCUT2D eigenvalue weighted by atomic mass is 10.1. The van der Waals surface area contributed by atoms with Crippen LogP contribution in [0.1, 0.15) is 16.8 Å². The van der Waals surface area contributed by atoms with Crippen molar-refractivity contribution in [2.45, 2.75) is 20.8 Å². The van der Waals surface area contributed by atoms with E-state index in [2.05, 4.69) is 42.5 Å². The number of hydrogen-bond acceptors (Lipinski definition) is 2. The number of aromatic nitrogens is 2. The van der Waals surface area contributed by atoms with Gasteiger partial charge in [-0.25, -0.2) is 4.98 Å². The second kappa shape index (κ2) is 4.12. The van der Waals surface area contributed by atoms with E-state index < -0.39 is 0 Å². The number of nitrogens with zero attached hydrogens (tertiary/aromatic N) is 2. The Morgan fingerprint density at radius 2 is 1.74 bits per heavy atom. The Morgan fingerprint density at radius 3 is 2.42 bits per heavy atom. The smallest absolute Gasteiger partial charge is 0.138 e. The molecule has 2 aromatic heterocycles. The van der Waals surface area contributed by atoms with E-state index in [0.29, 0.717) is 0 Å². The van der Waals surface area contributed by atoms with E-state index in [1.165, 1.54) is 5.56 Å². The number of imidazole rings is 1. The summed E-state index contributed by atoms with van der Waals surface area (Å²) in [5, 5.41) is 0. The highest BCUT2D eigenvalue weighted by atomic mass is 15.0. The zero-order valence-electron chi connectivity index (χ0n) is 11.4. The standard InChI is InChI=1S/C16H17N3/c1-10-4-6-13(7-5-10)16-12(3)19-9-14(17)11(2)8-15(19)18-16/h4-9H,17H2,1-3H3. The molecule has 0 aliphatic carbocycles. The summed E-state index contributed by atoms with van der Waals surface area (Å²) in [5.41, 5.74) is 13.3. The van der Waals surface area contributed by atoms with Gasteiger partial charge in [0, 0.05) is 17.5 Å². The summed E-state index contributed by atoms with van der Waals surface area (Å²) in [6.45, 7) is 6.17. The van der Waals surface area contributed by atoms with Crippen LogP contribution in [0.15, 0.2) is 36.5 Å². The number of anilines is 1. The van der Waals surface area contributed by atoms with E-state index in [9.17, 15) is 0 Å². The number of rotatable bonds is 1. The van der Waals surface area contributed by atoms with Gasteiger partial charge in [0.2, 0.25) is 0 Å². The van der Waals surface area contributed by atoms with Crippen molar-refractivity contribution in [2.75, 3.05) is 5.73 Å². The Kier molecular flexibility index (Phi) is 2.56. The van der Waals surface area contributed by atoms with Crippen LogP contribution in [0.2, 0.25) is 0 Å². The first kappa shape index (κ1) is 11.8. The third-order valence-electron chi connectivity index (χ3n) is 3.57. The van der Waals surface area contributed by atoms with Crippen molar-refractivity contribution < 1.29 is 0 Å². The molecule has 3 rings (SSSR count). The summed E-state index contributed by atoms with van der Waals surface area (Å²) >= 11 is 0. The van der Waals surface area contributed by atoms with Crippen LogP contribution in [-0.2, 0) is 0 Å². The molecular formula is C16H17N3. The molecule has 3 aromatic rings. The number of nitrogen functional groups attached to an aromatic ring is 1. The van der Waals surface area contributed by atoms with E-state index in [-0.39, 0.29) is 0 Å². The second-order valence-corrected chi connectivity index (χ2v) is 5.05. The Bertz CT molecular complexity index is 752. The van der Waals surface area contributed by atoms with Crippen LogP contribution in [0.5, 0.6) is 0 Å². The van der Waals surface area contributed by atoms with Gasteiger partial charge in [0.25, 0.3) is 0 Å². The van der Waals surface area contributed by atoms with E-state index in [1.54, 1.807) is 0 Å². The van der Waals surface area contributed by atoms with Gasteiger partial charge in [-0.05, 0) is 32.4 Å². The Morgan fingerprint density at radius 1 is 1.05 bits per heavy atom. The Labute approximate surface area is 112 Å². The average molecular weight is 251 g/mol. The van der Waals surface area contributed by atoms with Crippen molar-refractivity contribution in [3.8, 4) is 11.3 Å². The fourth-order valence-electron chi connectivity index (χ4n) is 2.30. The van der Waals surface area contributed by atoms with Crippen LogP contribution in [0.25, 0.3) is 16.9 Å². The summed E-state index contributed by atoms with van der Waals surface area (Å²) in [6.07, 6.45) is 1.95. The first-order valence-corrected chi connectivity index (χ1v) is 6.38. The maximum atomic E-state index is 5.97. The van der Waals surface area contributed by atoms with Crippen LogP contribution in [0, 0.1) is 20.8 Å². The Balaban J connectivity index is 2.25. The molecule has 0 bridgehead atoms. The number of nitrogens with two attached hydrogens (primary N) is 1. The van der Waals surface area contributed by atoms with Gasteiger partial charge in [0.15, 0.2) is 0 Å². The summed E-state index contributed by atoms with van der Waals surface area (Å²) < 4.78 is 2.05. The molecule has 3 heteroatoms. The molecule has 0 saturated carbocycles. The Hall–Kier alpha value is -2.29. The number of benzene rings is 1. The molecule has 0 radical (unpaired) electrons. The molecule has 0 aliphatic rings. The molecule has 0 atom stereocenters. The average Bonchev–Trinajstić information content (AvgIpc) is 2.69. The van der Waals surface area contributed by atoms with Crippen molar-refractivity contribution in [1.29, 1.82) is 0 Å². The molecule has 2 N–H and O–H groups in total. The maximum Gasteiger partial charge on any atom is 0.138 e. The molecule has 1 aromatic carbocycles. The first-order chi connectivity index (χ1) is 9.06. The molecule has 19 heavy (non-hydrogen) atoms. The fraction of sp³-hybridized carbons (Fsp3) is 0.188. The SMILES string of the molecule is Cc1ccc(-c2nc3cc(C)c(N)cn3c2C)cc1. The largest absolute Gasteiger partial charge is 0.397 e. The highest BCUT2D eigenvalue weighted by molar-refractivity contribution is 5.68. The summed E-state index contributed by atoms with van der Waals surface area (Å²) in [7, 11) is 0. The number of pyridine rings is 1. The number of fused-ring (bicyclic) bond motifs is 1. The molecule has 0 unspecified atom stereocenters. The first-order valence-electron chi connectivity index (χ1n) is 6.38. The van der Waals surface area contributed by atoms with Crippen molar-refractivity contribution in [3.05, 3.63) is 53.3 Å². The normalized spacial score (nSPS) is 11.1. The van der Waals surface area contributed by atoms with Gasteiger partial charge in [-0.3, -0.25) is 0 Å². The quantitative estimate of drug-likeness (QED) is 0.719. The van der Waals surface area contributed by atoms with Gasteiger partial charge in [-0.1, -0.05) is 29.8 Å². The highest BCUT2D eigenvalue weighted by Crippen LogP contribution is 2.25. The minimum absolute atomic E-state index is 0.795. The molecule has 0 saturated heterocycles. The van der Waals surface area contributed by atoms with Gasteiger partial charge in [-0.2, -0.15) is 0 Å². The van der Waals surface area contributed by atoms with Crippen LogP contribution < -0.4 is 5.73 Å². The third-order valence-corrected chi connectivity index (χ3v) is 3.57. The predicted octanol–water partition coefficient (Wildman–Crippen LogP) is 3.51. The van der Waals surface area contributed by atoms with Gasteiger partial charge in [0.1, 0.15) is 5.65 Å². The zero-order chi connectivity index (χ0) is 13.6. The minimum Gasteiger partial charge on any atom is -0.397 e. The van der Waals surface area contributed by atoms with Crippen molar-refractivity contribution in [2.24, 2.45) is 0 Å². The third kappa shape index (κ3) is 1.87. The molecule has 0 spiro atoms. The summed E-state index contributed by atoms with van der Waals surface area (Å²) in [4.78, 5) is 4.72. The van der Waals surface area contributed by atoms with Gasteiger partial charge < -0.3 is 10.1 Å². The number of aryl methyl sites for hydroxylation is 3.